The number of rotatable bonds is 9. The molecule has 1 N–H and O–H groups in total. The Kier molecular flexibility index (Phi) is 7.99. The first kappa shape index (κ1) is 25.3. The molecule has 1 amide bonds. The van der Waals surface area contributed by atoms with Crippen molar-refractivity contribution in [2.24, 2.45) is 0 Å². The largest absolute Gasteiger partial charge is 0.496 e. The Morgan fingerprint density at radius 1 is 0.971 bits per heavy atom. The van der Waals surface area contributed by atoms with Crippen LogP contribution in [0.3, 0.4) is 0 Å². The second-order valence-electron chi connectivity index (χ2n) is 8.37. The molecule has 7 heteroatoms. The summed E-state index contributed by atoms with van der Waals surface area (Å²) >= 11 is 0. The number of carbonyl (C=O) groups excluding carboxylic acids is 1. The number of ether oxygens (including phenoxy) is 1. The number of methoxy groups -OCH3 is 1. The summed E-state index contributed by atoms with van der Waals surface area (Å²) in [6.07, 6.45) is 0.659. The molecule has 3 aromatic carbocycles. The van der Waals surface area contributed by atoms with Crippen molar-refractivity contribution in [1.82, 2.24) is 5.32 Å². The van der Waals surface area contributed by atoms with E-state index in [4.69, 9.17) is 4.74 Å². The molecular weight excluding hydrogens is 448 g/mol. The third-order valence-corrected chi connectivity index (χ3v) is 7.59. The fourth-order valence-corrected chi connectivity index (χ4v) is 5.42. The first-order valence-corrected chi connectivity index (χ1v) is 12.7. The van der Waals surface area contributed by atoms with Crippen molar-refractivity contribution in [3.63, 3.8) is 0 Å². The number of nitrogens with one attached hydrogen (secondary N) is 1. The van der Waals surface area contributed by atoms with Crippen LogP contribution in [-0.2, 0) is 14.8 Å². The van der Waals surface area contributed by atoms with Crippen molar-refractivity contribution in [1.29, 1.82) is 0 Å². The maximum Gasteiger partial charge on any atom is 0.264 e. The molecule has 0 fully saturated rings. The lowest BCUT2D eigenvalue weighted by Crippen LogP contribution is -2.42. The van der Waals surface area contributed by atoms with Gasteiger partial charge in [0, 0.05) is 0 Å². The Morgan fingerprint density at radius 2 is 1.68 bits per heavy atom. The molecule has 3 rings (SSSR count). The molecule has 1 unspecified atom stereocenters. The van der Waals surface area contributed by atoms with Crippen molar-refractivity contribution >= 4 is 21.6 Å². The minimum Gasteiger partial charge on any atom is -0.496 e. The molecule has 3 aromatic rings. The molecule has 1 atom stereocenters. The zero-order valence-electron chi connectivity index (χ0n) is 20.3. The number of amides is 1. The maximum absolute atomic E-state index is 13.6. The molecule has 180 valence electrons. The number of hydrogen-bond acceptors (Lipinski definition) is 4. The van der Waals surface area contributed by atoms with E-state index in [9.17, 15) is 13.2 Å². The van der Waals surface area contributed by atoms with Crippen LogP contribution < -0.4 is 14.4 Å². The van der Waals surface area contributed by atoms with Crippen LogP contribution in [0.25, 0.3) is 0 Å². The summed E-state index contributed by atoms with van der Waals surface area (Å²) in [4.78, 5) is 13.4. The Morgan fingerprint density at radius 3 is 2.29 bits per heavy atom. The van der Waals surface area contributed by atoms with Gasteiger partial charge < -0.3 is 10.1 Å². The number of benzene rings is 3. The second-order valence-corrected chi connectivity index (χ2v) is 10.2. The smallest absolute Gasteiger partial charge is 0.264 e. The molecule has 0 aliphatic rings. The highest BCUT2D eigenvalue weighted by Crippen LogP contribution is 2.28. The van der Waals surface area contributed by atoms with E-state index in [1.165, 1.54) is 4.31 Å². The van der Waals surface area contributed by atoms with Crippen LogP contribution in [0.1, 0.15) is 41.6 Å². The van der Waals surface area contributed by atoms with Gasteiger partial charge in [-0.3, -0.25) is 9.10 Å². The fraction of sp³-hybridized carbons (Fsp3) is 0.296. The third kappa shape index (κ3) is 5.59. The highest BCUT2D eigenvalue weighted by atomic mass is 32.2. The van der Waals surface area contributed by atoms with E-state index >= 15 is 0 Å². The van der Waals surface area contributed by atoms with Gasteiger partial charge in [-0.25, -0.2) is 8.42 Å². The summed E-state index contributed by atoms with van der Waals surface area (Å²) in [6, 6.07) is 19.3. The Bertz CT molecular complexity index is 1260. The monoisotopic (exact) mass is 480 g/mol. The summed E-state index contributed by atoms with van der Waals surface area (Å²) < 4.78 is 33.7. The van der Waals surface area contributed by atoms with Gasteiger partial charge in [0.25, 0.3) is 10.0 Å². The number of carbonyl (C=O) groups is 1. The fourth-order valence-electron chi connectivity index (χ4n) is 3.92. The van der Waals surface area contributed by atoms with E-state index in [0.29, 0.717) is 12.1 Å². The summed E-state index contributed by atoms with van der Waals surface area (Å²) in [7, 11) is -2.33. The van der Waals surface area contributed by atoms with Crippen LogP contribution in [0.4, 0.5) is 5.69 Å². The highest BCUT2D eigenvalue weighted by molar-refractivity contribution is 7.92. The molecule has 0 radical (unpaired) electrons. The molecule has 0 aliphatic heterocycles. The molecule has 0 saturated carbocycles. The zero-order valence-corrected chi connectivity index (χ0v) is 21.1. The lowest BCUT2D eigenvalue weighted by molar-refractivity contribution is -0.120. The van der Waals surface area contributed by atoms with Crippen LogP contribution >= 0.6 is 0 Å². The van der Waals surface area contributed by atoms with Gasteiger partial charge in [-0.1, -0.05) is 49.4 Å². The molecular formula is C27H32N2O4S. The van der Waals surface area contributed by atoms with Crippen LogP contribution in [0.5, 0.6) is 5.75 Å². The topological polar surface area (TPSA) is 75.7 Å². The lowest BCUT2D eigenvalue weighted by Gasteiger charge is -2.27. The van der Waals surface area contributed by atoms with Crippen molar-refractivity contribution in [3.8, 4) is 5.75 Å². The van der Waals surface area contributed by atoms with E-state index < -0.39 is 10.0 Å². The molecule has 0 aliphatic carbocycles. The first-order chi connectivity index (χ1) is 16.2. The normalized spacial score (nSPS) is 12.1. The van der Waals surface area contributed by atoms with Crippen molar-refractivity contribution in [2.45, 2.75) is 45.1 Å². The Hall–Kier alpha value is -3.32. The highest BCUT2D eigenvalue weighted by Gasteiger charge is 2.29. The number of nitrogens with zero attached hydrogens (tertiary/aromatic N) is 1. The maximum atomic E-state index is 13.6. The SMILES string of the molecule is CCC(NC(=O)CN(c1cc(C)ccc1C)S(=O)(=O)c1ccccc1)c1ccc(OC)c(C)c1. The first-order valence-electron chi connectivity index (χ1n) is 11.3. The number of anilines is 1. The molecule has 34 heavy (non-hydrogen) atoms. The predicted octanol–water partition coefficient (Wildman–Crippen LogP) is 5.08. The predicted molar refractivity (Wildman–Crippen MR) is 136 cm³/mol. The summed E-state index contributed by atoms with van der Waals surface area (Å²) in [5.41, 5.74) is 4.09. The van der Waals surface area contributed by atoms with Gasteiger partial charge in [-0.2, -0.15) is 0 Å². The number of sulfonamides is 1. The minimum atomic E-state index is -3.96. The molecule has 0 spiro atoms. The standard InChI is InChI=1S/C27H32N2O4S/c1-6-24(22-14-15-26(33-5)21(4)17-22)28-27(30)18-29(25-16-19(2)12-13-20(25)3)34(31,32)23-10-8-7-9-11-23/h7-17,24H,6,18H2,1-5H3,(H,28,30). The summed E-state index contributed by atoms with van der Waals surface area (Å²) in [5.74, 6) is 0.403. The molecule has 6 nitrogen and oxygen atoms in total. The number of hydrogen-bond donors (Lipinski definition) is 1. The zero-order chi connectivity index (χ0) is 24.9. The van der Waals surface area contributed by atoms with Crippen molar-refractivity contribution in [2.75, 3.05) is 18.0 Å². The van der Waals surface area contributed by atoms with E-state index in [0.717, 1.165) is 28.0 Å². The summed E-state index contributed by atoms with van der Waals surface area (Å²) in [6.45, 7) is 7.34. The van der Waals surface area contributed by atoms with E-state index in [1.54, 1.807) is 43.5 Å². The average Bonchev–Trinajstić information content (AvgIpc) is 2.83. The van der Waals surface area contributed by atoms with Crippen molar-refractivity contribution in [3.05, 3.63) is 89.0 Å². The molecule has 0 heterocycles. The van der Waals surface area contributed by atoms with Crippen molar-refractivity contribution < 1.29 is 17.9 Å². The summed E-state index contributed by atoms with van der Waals surface area (Å²) in [5, 5.41) is 3.02. The van der Waals surface area contributed by atoms with E-state index in [1.807, 2.05) is 58.0 Å². The van der Waals surface area contributed by atoms with Gasteiger partial charge >= 0.3 is 0 Å². The Balaban J connectivity index is 1.94. The van der Waals surface area contributed by atoms with Gasteiger partial charge in [0.1, 0.15) is 12.3 Å². The van der Waals surface area contributed by atoms with Gasteiger partial charge in [-0.05, 0) is 73.7 Å². The molecule has 0 aromatic heterocycles. The van der Waals surface area contributed by atoms with Gasteiger partial charge in [0.15, 0.2) is 0 Å². The molecule has 0 saturated heterocycles. The quantitative estimate of drug-likeness (QED) is 0.463. The van der Waals surface area contributed by atoms with E-state index in [-0.39, 0.29) is 23.4 Å². The number of aryl methyl sites for hydroxylation is 3. The van der Waals surface area contributed by atoms with Gasteiger partial charge in [0.05, 0.1) is 23.7 Å². The second kappa shape index (κ2) is 10.7. The van der Waals surface area contributed by atoms with E-state index in [2.05, 4.69) is 5.32 Å². The molecule has 0 bridgehead atoms. The van der Waals surface area contributed by atoms with Crippen LogP contribution in [0, 0.1) is 20.8 Å². The lowest BCUT2D eigenvalue weighted by atomic mass is 10.0. The average molecular weight is 481 g/mol. The minimum absolute atomic E-state index is 0.140. The van der Waals surface area contributed by atoms with Crippen LogP contribution in [-0.4, -0.2) is 28.0 Å². The van der Waals surface area contributed by atoms with Crippen LogP contribution in [0.15, 0.2) is 71.6 Å². The van der Waals surface area contributed by atoms with Gasteiger partial charge in [0.2, 0.25) is 5.91 Å². The third-order valence-electron chi connectivity index (χ3n) is 5.82. The van der Waals surface area contributed by atoms with Crippen LogP contribution in [0.2, 0.25) is 0 Å². The Labute approximate surface area is 202 Å². The van der Waals surface area contributed by atoms with Gasteiger partial charge in [-0.15, -0.1) is 0 Å².